The maximum atomic E-state index is 12.2. The normalized spacial score (nSPS) is 16.1. The minimum atomic E-state index is 0.0528. The Hall–Kier alpha value is -2.31. The first-order chi connectivity index (χ1) is 10.2. The van der Waals surface area contributed by atoms with Gasteiger partial charge in [-0.1, -0.05) is 6.92 Å². The predicted molar refractivity (Wildman–Crippen MR) is 76.0 cm³/mol. The lowest BCUT2D eigenvalue weighted by atomic mass is 9.99. The first-order valence-corrected chi connectivity index (χ1v) is 7.18. The Balaban J connectivity index is 1.63. The van der Waals surface area contributed by atoms with Gasteiger partial charge in [-0.05, 0) is 36.1 Å². The van der Waals surface area contributed by atoms with Gasteiger partial charge in [-0.2, -0.15) is 4.80 Å². The van der Waals surface area contributed by atoms with Crippen LogP contribution in [0.3, 0.4) is 0 Å². The van der Waals surface area contributed by atoms with Crippen LogP contribution in [0.1, 0.15) is 19.8 Å². The molecule has 0 saturated carbocycles. The highest BCUT2D eigenvalue weighted by Gasteiger charge is 2.21. The molecule has 2 aromatic heterocycles. The maximum absolute atomic E-state index is 12.2. The van der Waals surface area contributed by atoms with Gasteiger partial charge < -0.3 is 4.90 Å². The molecule has 1 saturated heterocycles. The van der Waals surface area contributed by atoms with Gasteiger partial charge in [0, 0.05) is 31.0 Å². The number of amides is 1. The molecule has 7 heteroatoms. The van der Waals surface area contributed by atoms with E-state index in [1.807, 2.05) is 17.0 Å². The number of likely N-dealkylation sites (tertiary alicyclic amines) is 1. The van der Waals surface area contributed by atoms with Crippen LogP contribution in [-0.2, 0) is 11.3 Å². The zero-order chi connectivity index (χ0) is 14.7. The fraction of sp³-hybridized carbons (Fsp3) is 0.500. The number of carbonyl (C=O) groups excluding carboxylic acids is 1. The summed E-state index contributed by atoms with van der Waals surface area (Å²) in [6, 6.07) is 3.68. The lowest BCUT2D eigenvalue weighted by Gasteiger charge is -2.30. The zero-order valence-electron chi connectivity index (χ0n) is 12.0. The van der Waals surface area contributed by atoms with E-state index in [0.29, 0.717) is 11.7 Å². The zero-order valence-corrected chi connectivity index (χ0v) is 12.0. The topological polar surface area (TPSA) is 76.8 Å². The Morgan fingerprint density at radius 1 is 1.38 bits per heavy atom. The van der Waals surface area contributed by atoms with E-state index in [4.69, 9.17) is 0 Å². The van der Waals surface area contributed by atoms with Crippen molar-refractivity contribution in [2.24, 2.45) is 5.92 Å². The molecule has 1 amide bonds. The van der Waals surface area contributed by atoms with Gasteiger partial charge in [0.05, 0.1) is 0 Å². The third-order valence-electron chi connectivity index (χ3n) is 3.79. The van der Waals surface area contributed by atoms with E-state index in [9.17, 15) is 4.79 Å². The first-order valence-electron chi connectivity index (χ1n) is 7.18. The van der Waals surface area contributed by atoms with Gasteiger partial charge in [0.1, 0.15) is 6.54 Å². The van der Waals surface area contributed by atoms with Crippen molar-refractivity contribution in [2.45, 2.75) is 26.3 Å². The fourth-order valence-electron chi connectivity index (χ4n) is 2.40. The lowest BCUT2D eigenvalue weighted by molar-refractivity contribution is -0.133. The third-order valence-corrected chi connectivity index (χ3v) is 3.79. The van der Waals surface area contributed by atoms with Crippen LogP contribution < -0.4 is 0 Å². The molecule has 0 spiro atoms. The molecule has 0 bridgehead atoms. The second-order valence-electron chi connectivity index (χ2n) is 5.45. The van der Waals surface area contributed by atoms with E-state index < -0.39 is 0 Å². The molecule has 1 aliphatic rings. The average Bonchev–Trinajstić information content (AvgIpc) is 2.97. The molecule has 0 aromatic carbocycles. The summed E-state index contributed by atoms with van der Waals surface area (Å²) in [5, 5.41) is 12.1. The maximum Gasteiger partial charge on any atom is 0.246 e. The van der Waals surface area contributed by atoms with Crippen molar-refractivity contribution in [2.75, 3.05) is 13.1 Å². The van der Waals surface area contributed by atoms with Crippen LogP contribution in [0.4, 0.5) is 0 Å². The van der Waals surface area contributed by atoms with Gasteiger partial charge in [0.2, 0.25) is 11.7 Å². The van der Waals surface area contributed by atoms with Crippen molar-refractivity contribution in [3.8, 4) is 11.4 Å². The molecule has 0 N–H and O–H groups in total. The molecular formula is C14H18N6O. The smallest absolute Gasteiger partial charge is 0.246 e. The van der Waals surface area contributed by atoms with E-state index in [0.717, 1.165) is 31.5 Å². The summed E-state index contributed by atoms with van der Waals surface area (Å²) in [6.07, 6.45) is 5.50. The van der Waals surface area contributed by atoms with Crippen LogP contribution in [0.25, 0.3) is 11.4 Å². The number of nitrogens with zero attached hydrogens (tertiary/aromatic N) is 6. The SMILES string of the molecule is CC1CCN(C(=O)Cn2nnc(-c3cccnc3)n2)CC1. The van der Waals surface area contributed by atoms with Crippen molar-refractivity contribution >= 4 is 5.91 Å². The Labute approximate surface area is 123 Å². The van der Waals surface area contributed by atoms with Crippen molar-refractivity contribution in [3.63, 3.8) is 0 Å². The summed E-state index contributed by atoms with van der Waals surface area (Å²) < 4.78 is 0. The van der Waals surface area contributed by atoms with Crippen LogP contribution in [0.5, 0.6) is 0 Å². The summed E-state index contributed by atoms with van der Waals surface area (Å²) in [5.41, 5.74) is 0.794. The molecule has 3 heterocycles. The number of hydrogen-bond acceptors (Lipinski definition) is 5. The van der Waals surface area contributed by atoms with Crippen molar-refractivity contribution in [1.82, 2.24) is 30.1 Å². The number of carbonyl (C=O) groups is 1. The minimum Gasteiger partial charge on any atom is -0.341 e. The molecule has 0 atom stereocenters. The summed E-state index contributed by atoms with van der Waals surface area (Å²) >= 11 is 0. The molecule has 1 aliphatic heterocycles. The van der Waals surface area contributed by atoms with Gasteiger partial charge >= 0.3 is 0 Å². The lowest BCUT2D eigenvalue weighted by Crippen LogP contribution is -2.40. The second kappa shape index (κ2) is 5.99. The molecule has 1 fully saturated rings. The van der Waals surface area contributed by atoms with Gasteiger partial charge in [-0.3, -0.25) is 9.78 Å². The average molecular weight is 286 g/mol. The largest absolute Gasteiger partial charge is 0.341 e. The number of piperidine rings is 1. The molecule has 2 aromatic rings. The molecular weight excluding hydrogens is 268 g/mol. The second-order valence-corrected chi connectivity index (χ2v) is 5.45. The van der Waals surface area contributed by atoms with Crippen molar-refractivity contribution in [1.29, 1.82) is 0 Å². The number of hydrogen-bond donors (Lipinski definition) is 0. The van der Waals surface area contributed by atoms with E-state index in [2.05, 4.69) is 27.3 Å². The molecule has 0 aliphatic carbocycles. The van der Waals surface area contributed by atoms with E-state index in [-0.39, 0.29) is 12.5 Å². The van der Waals surface area contributed by atoms with E-state index in [1.165, 1.54) is 4.80 Å². The predicted octanol–water partition coefficient (Wildman–Crippen LogP) is 0.994. The van der Waals surface area contributed by atoms with Crippen molar-refractivity contribution < 1.29 is 4.79 Å². The summed E-state index contributed by atoms with van der Waals surface area (Å²) in [6.45, 7) is 4.01. The number of aromatic nitrogens is 5. The first kappa shape index (κ1) is 13.7. The molecule has 7 nitrogen and oxygen atoms in total. The van der Waals surface area contributed by atoms with Gasteiger partial charge in [-0.25, -0.2) is 0 Å². The van der Waals surface area contributed by atoms with E-state index >= 15 is 0 Å². The fourth-order valence-corrected chi connectivity index (χ4v) is 2.40. The molecule has 0 unspecified atom stereocenters. The minimum absolute atomic E-state index is 0.0528. The third kappa shape index (κ3) is 3.24. The van der Waals surface area contributed by atoms with Crippen LogP contribution in [-0.4, -0.2) is 49.1 Å². The Kier molecular flexibility index (Phi) is 3.89. The summed E-state index contributed by atoms with van der Waals surface area (Å²) in [4.78, 5) is 19.5. The highest BCUT2D eigenvalue weighted by Crippen LogP contribution is 2.16. The quantitative estimate of drug-likeness (QED) is 0.841. The standard InChI is InChI=1S/C14H18N6O/c1-11-4-7-19(8-5-11)13(21)10-20-17-14(16-18-20)12-3-2-6-15-9-12/h2-3,6,9,11H,4-5,7-8,10H2,1H3. The number of tetrazole rings is 1. The molecule has 0 radical (unpaired) electrons. The van der Waals surface area contributed by atoms with Gasteiger partial charge in [0.25, 0.3) is 0 Å². The number of rotatable bonds is 3. The Morgan fingerprint density at radius 3 is 2.90 bits per heavy atom. The van der Waals surface area contributed by atoms with Crippen LogP contribution in [0.2, 0.25) is 0 Å². The Morgan fingerprint density at radius 2 is 2.19 bits per heavy atom. The summed E-state index contributed by atoms with van der Waals surface area (Å²) in [5.74, 6) is 1.25. The Bertz CT molecular complexity index is 603. The van der Waals surface area contributed by atoms with Crippen molar-refractivity contribution in [3.05, 3.63) is 24.5 Å². The van der Waals surface area contributed by atoms with Crippen LogP contribution >= 0.6 is 0 Å². The molecule has 21 heavy (non-hydrogen) atoms. The van der Waals surface area contributed by atoms with E-state index in [1.54, 1.807) is 12.4 Å². The summed E-state index contributed by atoms with van der Waals surface area (Å²) in [7, 11) is 0. The van der Waals surface area contributed by atoms with Gasteiger partial charge in [-0.15, -0.1) is 10.2 Å². The monoisotopic (exact) mass is 286 g/mol. The molecule has 110 valence electrons. The van der Waals surface area contributed by atoms with Crippen LogP contribution in [0, 0.1) is 5.92 Å². The molecule has 3 rings (SSSR count). The number of pyridine rings is 1. The highest BCUT2D eigenvalue weighted by molar-refractivity contribution is 5.75. The van der Waals surface area contributed by atoms with Crippen LogP contribution in [0.15, 0.2) is 24.5 Å². The highest BCUT2D eigenvalue weighted by atomic mass is 16.2. The van der Waals surface area contributed by atoms with Gasteiger partial charge in [0.15, 0.2) is 0 Å².